The molecule has 1 unspecified atom stereocenters. The maximum Gasteiger partial charge on any atom is 0.144 e. The summed E-state index contributed by atoms with van der Waals surface area (Å²) < 4.78 is 33.8. The first kappa shape index (κ1) is 20.1. The summed E-state index contributed by atoms with van der Waals surface area (Å²) in [6.45, 7) is 1.48. The van der Waals surface area contributed by atoms with E-state index in [1.54, 1.807) is 28.6 Å². The zero-order chi connectivity index (χ0) is 19.6. The first-order valence-corrected chi connectivity index (χ1v) is 9.88. The average Bonchev–Trinajstić information content (AvgIpc) is 2.61. The summed E-state index contributed by atoms with van der Waals surface area (Å²) in [6, 6.07) is 10.7. The number of hydrogen-bond donors (Lipinski definition) is 1. The van der Waals surface area contributed by atoms with Gasteiger partial charge in [-0.25, -0.2) is 12.9 Å². The molecule has 27 heavy (non-hydrogen) atoms. The highest BCUT2D eigenvalue weighted by atomic mass is 35.5. The number of rotatable bonds is 6. The Hall–Kier alpha value is -1.69. The van der Waals surface area contributed by atoms with Crippen LogP contribution in [0.4, 0.5) is 4.39 Å². The Labute approximate surface area is 169 Å². The topological polar surface area (TPSA) is 79.3 Å². The molecule has 0 aliphatic carbocycles. The fraction of sp³-hybridized carbons (Fsp3) is 0.278. The van der Waals surface area contributed by atoms with Gasteiger partial charge in [0.1, 0.15) is 28.6 Å². The van der Waals surface area contributed by atoms with E-state index in [1.165, 1.54) is 18.2 Å². The molecule has 1 saturated heterocycles. The van der Waals surface area contributed by atoms with Crippen molar-refractivity contribution in [1.29, 1.82) is 5.26 Å². The molecule has 0 radical (unpaired) electrons. The normalized spacial score (nSPS) is 17.0. The molecular formula is C18H16Cl2FN3O2S. The van der Waals surface area contributed by atoms with Crippen LogP contribution in [0.1, 0.15) is 5.56 Å². The predicted molar refractivity (Wildman–Crippen MR) is 103 cm³/mol. The Morgan fingerprint density at radius 1 is 1.30 bits per heavy atom. The molecule has 1 aliphatic heterocycles. The average molecular weight is 428 g/mol. The summed E-state index contributed by atoms with van der Waals surface area (Å²) in [5.41, 5.74) is 5.46. The van der Waals surface area contributed by atoms with Crippen LogP contribution >= 0.6 is 23.2 Å². The van der Waals surface area contributed by atoms with Gasteiger partial charge in [0.15, 0.2) is 0 Å². The van der Waals surface area contributed by atoms with E-state index in [0.717, 1.165) is 0 Å². The van der Waals surface area contributed by atoms with Crippen molar-refractivity contribution in [2.45, 2.75) is 4.90 Å². The standard InChI is InChI=1S/C18H16Cl2FN3O2S/c19-13-2-4-17(15(20)5-13)27(25)24-9-18(8-23,10-24)11-26-14-3-1-12(7-22)16(21)6-14/h1-6H,8-11,23H2. The Balaban J connectivity index is 1.63. The summed E-state index contributed by atoms with van der Waals surface area (Å²) in [6.07, 6.45) is 0. The molecule has 9 heteroatoms. The lowest BCUT2D eigenvalue weighted by Crippen LogP contribution is -2.62. The third-order valence-electron chi connectivity index (χ3n) is 4.38. The van der Waals surface area contributed by atoms with Crippen LogP contribution in [0.25, 0.3) is 0 Å². The highest BCUT2D eigenvalue weighted by molar-refractivity contribution is 7.82. The van der Waals surface area contributed by atoms with E-state index in [0.29, 0.717) is 40.3 Å². The fourth-order valence-electron chi connectivity index (χ4n) is 2.77. The number of benzene rings is 2. The van der Waals surface area contributed by atoms with Crippen molar-refractivity contribution in [3.63, 3.8) is 0 Å². The molecule has 5 nitrogen and oxygen atoms in total. The van der Waals surface area contributed by atoms with E-state index >= 15 is 0 Å². The molecule has 0 saturated carbocycles. The largest absolute Gasteiger partial charge is 0.493 e. The molecule has 1 atom stereocenters. The Morgan fingerprint density at radius 3 is 2.63 bits per heavy atom. The van der Waals surface area contributed by atoms with Gasteiger partial charge < -0.3 is 10.5 Å². The van der Waals surface area contributed by atoms with Gasteiger partial charge in [-0.1, -0.05) is 23.2 Å². The van der Waals surface area contributed by atoms with Gasteiger partial charge in [0.25, 0.3) is 0 Å². The highest BCUT2D eigenvalue weighted by Crippen LogP contribution is 2.35. The van der Waals surface area contributed by atoms with Crippen LogP contribution in [0.5, 0.6) is 5.75 Å². The Morgan fingerprint density at radius 2 is 2.04 bits per heavy atom. The van der Waals surface area contributed by atoms with Crippen LogP contribution < -0.4 is 10.5 Å². The van der Waals surface area contributed by atoms with Crippen LogP contribution in [-0.4, -0.2) is 34.8 Å². The summed E-state index contributed by atoms with van der Waals surface area (Å²) in [7, 11) is -1.43. The lowest BCUT2D eigenvalue weighted by atomic mass is 9.83. The van der Waals surface area contributed by atoms with Crippen LogP contribution in [0.3, 0.4) is 0 Å². The lowest BCUT2D eigenvalue weighted by Gasteiger charge is -2.48. The second-order valence-corrected chi connectivity index (χ2v) is 8.67. The fourth-order valence-corrected chi connectivity index (χ4v) is 4.84. The molecule has 1 aliphatic rings. The van der Waals surface area contributed by atoms with Crippen molar-refractivity contribution in [3.8, 4) is 11.8 Å². The van der Waals surface area contributed by atoms with Crippen molar-refractivity contribution in [2.75, 3.05) is 26.2 Å². The molecule has 1 fully saturated rings. The molecule has 0 amide bonds. The van der Waals surface area contributed by atoms with Crippen molar-refractivity contribution in [1.82, 2.24) is 4.31 Å². The lowest BCUT2D eigenvalue weighted by molar-refractivity contribution is 0.0301. The first-order valence-electron chi connectivity index (χ1n) is 8.02. The molecule has 0 spiro atoms. The zero-order valence-corrected chi connectivity index (χ0v) is 16.5. The molecule has 142 valence electrons. The summed E-state index contributed by atoms with van der Waals surface area (Å²) >= 11 is 12.0. The van der Waals surface area contributed by atoms with E-state index in [4.69, 9.17) is 38.9 Å². The SMILES string of the molecule is N#Cc1ccc(OCC2(CN)CN(S(=O)c3ccc(Cl)cc3Cl)C2)cc1F. The van der Waals surface area contributed by atoms with Crippen LogP contribution in [0.15, 0.2) is 41.3 Å². The molecule has 3 rings (SSSR count). The summed E-state index contributed by atoms with van der Waals surface area (Å²) in [4.78, 5) is 0.488. The Bertz CT molecular complexity index is 929. The summed E-state index contributed by atoms with van der Waals surface area (Å²) in [5, 5.41) is 9.58. The van der Waals surface area contributed by atoms with Gasteiger partial charge in [-0.2, -0.15) is 5.26 Å². The van der Waals surface area contributed by atoms with Crippen molar-refractivity contribution in [2.24, 2.45) is 11.1 Å². The monoisotopic (exact) mass is 427 g/mol. The van der Waals surface area contributed by atoms with Gasteiger partial charge in [-0.15, -0.1) is 0 Å². The molecular weight excluding hydrogens is 412 g/mol. The van der Waals surface area contributed by atoms with Crippen molar-refractivity contribution < 1.29 is 13.3 Å². The van der Waals surface area contributed by atoms with Crippen LogP contribution in [-0.2, 0) is 11.0 Å². The third-order valence-corrected chi connectivity index (χ3v) is 6.50. The quantitative estimate of drug-likeness (QED) is 0.765. The first-order chi connectivity index (χ1) is 12.9. The van der Waals surface area contributed by atoms with E-state index < -0.39 is 16.8 Å². The second-order valence-electron chi connectivity index (χ2n) is 6.37. The molecule has 2 aromatic carbocycles. The van der Waals surface area contributed by atoms with Crippen LogP contribution in [0.2, 0.25) is 10.0 Å². The van der Waals surface area contributed by atoms with Crippen LogP contribution in [0, 0.1) is 22.6 Å². The maximum atomic E-state index is 13.7. The minimum absolute atomic E-state index is 0.0408. The van der Waals surface area contributed by atoms with Gasteiger partial charge in [-0.05, 0) is 30.3 Å². The number of hydrogen-bond acceptors (Lipinski definition) is 4. The number of nitrogens with zero attached hydrogens (tertiary/aromatic N) is 2. The number of ether oxygens (including phenoxy) is 1. The van der Waals surface area contributed by atoms with Crippen molar-refractivity contribution >= 4 is 34.2 Å². The number of nitrogens with two attached hydrogens (primary N) is 1. The predicted octanol–water partition coefficient (Wildman–Crippen LogP) is 3.37. The van der Waals surface area contributed by atoms with Gasteiger partial charge in [0.2, 0.25) is 0 Å². The summed E-state index contributed by atoms with van der Waals surface area (Å²) in [5.74, 6) is -0.315. The molecule has 0 bridgehead atoms. The number of halogens is 3. The maximum absolute atomic E-state index is 13.7. The highest BCUT2D eigenvalue weighted by Gasteiger charge is 2.45. The minimum Gasteiger partial charge on any atom is -0.493 e. The second kappa shape index (κ2) is 8.13. The molecule has 2 N–H and O–H groups in total. The molecule has 2 aromatic rings. The van der Waals surface area contributed by atoms with E-state index in [9.17, 15) is 8.60 Å². The molecule has 0 aromatic heterocycles. The van der Waals surface area contributed by atoms with Gasteiger partial charge in [0, 0.05) is 36.1 Å². The van der Waals surface area contributed by atoms with Gasteiger partial charge >= 0.3 is 0 Å². The van der Waals surface area contributed by atoms with E-state index in [2.05, 4.69) is 0 Å². The van der Waals surface area contributed by atoms with Crippen molar-refractivity contribution in [3.05, 3.63) is 57.8 Å². The Kier molecular flexibility index (Phi) is 6.04. The zero-order valence-electron chi connectivity index (χ0n) is 14.1. The smallest absolute Gasteiger partial charge is 0.144 e. The number of nitriles is 1. The van der Waals surface area contributed by atoms with E-state index in [-0.39, 0.29) is 17.6 Å². The van der Waals surface area contributed by atoms with Gasteiger partial charge in [0.05, 0.1) is 22.1 Å². The van der Waals surface area contributed by atoms with E-state index in [1.807, 2.05) is 0 Å². The molecule has 1 heterocycles. The third kappa shape index (κ3) is 4.26. The van der Waals surface area contributed by atoms with Gasteiger partial charge in [-0.3, -0.25) is 0 Å². The minimum atomic E-state index is -1.43.